The second-order valence-corrected chi connectivity index (χ2v) is 10.5. The van der Waals surface area contributed by atoms with Gasteiger partial charge in [-0.05, 0) is 74.9 Å². The fourth-order valence-corrected chi connectivity index (χ4v) is 5.16. The second-order valence-electron chi connectivity index (χ2n) is 8.05. The number of hydrogen-bond donors (Lipinski definition) is 3. The molecular weight excluding hydrogens is 505 g/mol. The average molecular weight is 528 g/mol. The van der Waals surface area contributed by atoms with Crippen LogP contribution in [0.3, 0.4) is 0 Å². The van der Waals surface area contributed by atoms with Crippen molar-refractivity contribution in [3.05, 3.63) is 93.6 Å². The summed E-state index contributed by atoms with van der Waals surface area (Å²) in [7, 11) is -3.89. The van der Waals surface area contributed by atoms with Crippen LogP contribution in [0.5, 0.6) is 0 Å². The quantitative estimate of drug-likeness (QED) is 0.239. The molecule has 35 heavy (non-hydrogen) atoms. The van der Waals surface area contributed by atoms with Gasteiger partial charge in [0, 0.05) is 33.8 Å². The normalized spacial score (nSPS) is 11.2. The molecule has 0 fully saturated rings. The van der Waals surface area contributed by atoms with Crippen LogP contribution in [0.15, 0.2) is 71.6 Å². The highest BCUT2D eigenvalue weighted by atomic mass is 35.5. The highest BCUT2D eigenvalue weighted by Crippen LogP contribution is 2.30. The SMILES string of the molecule is Cc1ccc(Nc2nc(C)cc(Nc3ccc(NS(=O)(=O)c4cc(C)c(Cl)cc4Cl)cc3)n2)cc1. The van der Waals surface area contributed by atoms with Gasteiger partial charge in [0.25, 0.3) is 10.0 Å². The third-order valence-corrected chi connectivity index (χ3v) is 7.33. The Hall–Kier alpha value is -3.33. The van der Waals surface area contributed by atoms with Gasteiger partial charge in [-0.2, -0.15) is 4.98 Å². The first-order valence-electron chi connectivity index (χ1n) is 10.6. The Morgan fingerprint density at radius 1 is 0.714 bits per heavy atom. The van der Waals surface area contributed by atoms with E-state index in [1.165, 1.54) is 17.7 Å². The minimum Gasteiger partial charge on any atom is -0.340 e. The van der Waals surface area contributed by atoms with Crippen molar-refractivity contribution in [2.45, 2.75) is 25.7 Å². The zero-order chi connectivity index (χ0) is 25.2. The number of nitrogens with zero attached hydrogens (tertiary/aromatic N) is 2. The first-order chi connectivity index (χ1) is 16.6. The Kier molecular flexibility index (Phi) is 7.16. The van der Waals surface area contributed by atoms with E-state index in [0.717, 1.165) is 17.1 Å². The lowest BCUT2D eigenvalue weighted by Crippen LogP contribution is -2.13. The molecule has 7 nitrogen and oxygen atoms in total. The molecule has 180 valence electrons. The molecule has 3 aromatic carbocycles. The molecule has 0 spiro atoms. The number of benzene rings is 3. The summed E-state index contributed by atoms with van der Waals surface area (Å²) in [4.78, 5) is 8.93. The van der Waals surface area contributed by atoms with Crippen molar-refractivity contribution in [1.29, 1.82) is 0 Å². The number of aryl methyl sites for hydroxylation is 3. The van der Waals surface area contributed by atoms with Crippen LogP contribution in [0, 0.1) is 20.8 Å². The van der Waals surface area contributed by atoms with Gasteiger partial charge in [-0.15, -0.1) is 0 Å². The van der Waals surface area contributed by atoms with E-state index in [1.807, 2.05) is 44.2 Å². The summed E-state index contributed by atoms with van der Waals surface area (Å²) in [6.45, 7) is 5.63. The van der Waals surface area contributed by atoms with Gasteiger partial charge >= 0.3 is 0 Å². The van der Waals surface area contributed by atoms with Crippen LogP contribution in [0.2, 0.25) is 10.0 Å². The molecule has 4 aromatic rings. The molecule has 0 amide bonds. The highest BCUT2D eigenvalue weighted by Gasteiger charge is 2.19. The standard InChI is InChI=1S/C25H23Cl2N5O2S/c1-15-4-6-19(7-5-15)30-25-28-17(3)13-24(31-25)29-18-8-10-20(11-9-18)32-35(33,34)23-12-16(2)21(26)14-22(23)27/h4-14,32H,1-3H3,(H2,28,29,30,31). The van der Waals surface area contributed by atoms with Crippen molar-refractivity contribution in [3.63, 3.8) is 0 Å². The van der Waals surface area contributed by atoms with E-state index in [2.05, 4.69) is 25.3 Å². The molecule has 0 saturated carbocycles. The molecule has 3 N–H and O–H groups in total. The van der Waals surface area contributed by atoms with Gasteiger partial charge in [0.2, 0.25) is 5.95 Å². The van der Waals surface area contributed by atoms with E-state index < -0.39 is 10.0 Å². The molecule has 0 saturated heterocycles. The molecule has 1 aromatic heterocycles. The Labute approximate surface area is 214 Å². The van der Waals surface area contributed by atoms with Crippen LogP contribution in [0.25, 0.3) is 0 Å². The van der Waals surface area contributed by atoms with E-state index in [0.29, 0.717) is 28.0 Å². The highest BCUT2D eigenvalue weighted by molar-refractivity contribution is 7.92. The molecule has 0 aliphatic carbocycles. The molecule has 0 radical (unpaired) electrons. The van der Waals surface area contributed by atoms with Crippen LogP contribution in [0.1, 0.15) is 16.8 Å². The summed E-state index contributed by atoms with van der Waals surface area (Å²) in [6.07, 6.45) is 0. The summed E-state index contributed by atoms with van der Waals surface area (Å²) in [5, 5.41) is 6.88. The van der Waals surface area contributed by atoms with Crippen LogP contribution < -0.4 is 15.4 Å². The zero-order valence-corrected chi connectivity index (χ0v) is 21.6. The predicted octanol–water partition coefficient (Wildman–Crippen LogP) is 7.00. The van der Waals surface area contributed by atoms with Gasteiger partial charge in [0.05, 0.1) is 5.02 Å². The van der Waals surface area contributed by atoms with Gasteiger partial charge in [-0.3, -0.25) is 4.72 Å². The minimum atomic E-state index is -3.89. The van der Waals surface area contributed by atoms with Crippen LogP contribution in [0.4, 0.5) is 28.8 Å². The van der Waals surface area contributed by atoms with E-state index in [1.54, 1.807) is 31.2 Å². The lowest BCUT2D eigenvalue weighted by molar-refractivity contribution is 0.601. The number of hydrogen-bond acceptors (Lipinski definition) is 6. The molecular formula is C25H23Cl2N5O2S. The fourth-order valence-electron chi connectivity index (χ4n) is 3.27. The van der Waals surface area contributed by atoms with Crippen molar-refractivity contribution in [1.82, 2.24) is 9.97 Å². The fraction of sp³-hybridized carbons (Fsp3) is 0.120. The van der Waals surface area contributed by atoms with E-state index >= 15 is 0 Å². The summed E-state index contributed by atoms with van der Waals surface area (Å²) >= 11 is 12.1. The van der Waals surface area contributed by atoms with Gasteiger partial charge in [-0.25, -0.2) is 13.4 Å². The van der Waals surface area contributed by atoms with E-state index in [4.69, 9.17) is 23.2 Å². The third-order valence-electron chi connectivity index (χ3n) is 5.07. The first kappa shape index (κ1) is 24.8. The Balaban J connectivity index is 1.48. The Morgan fingerprint density at radius 2 is 1.31 bits per heavy atom. The van der Waals surface area contributed by atoms with Gasteiger partial charge < -0.3 is 10.6 Å². The molecule has 0 unspecified atom stereocenters. The monoisotopic (exact) mass is 527 g/mol. The average Bonchev–Trinajstić information content (AvgIpc) is 2.78. The van der Waals surface area contributed by atoms with Gasteiger partial charge in [-0.1, -0.05) is 40.9 Å². The van der Waals surface area contributed by atoms with Crippen molar-refractivity contribution >= 4 is 62.1 Å². The number of rotatable bonds is 7. The van der Waals surface area contributed by atoms with Crippen molar-refractivity contribution in [2.24, 2.45) is 0 Å². The number of sulfonamides is 1. The molecule has 10 heteroatoms. The summed E-state index contributed by atoms with van der Waals surface area (Å²) in [5.41, 5.74) is 4.58. The summed E-state index contributed by atoms with van der Waals surface area (Å²) in [5.74, 6) is 1.07. The molecule has 0 atom stereocenters. The number of aromatic nitrogens is 2. The minimum absolute atomic E-state index is 0.0339. The van der Waals surface area contributed by atoms with Crippen LogP contribution in [-0.4, -0.2) is 18.4 Å². The topological polar surface area (TPSA) is 96.0 Å². The Bertz CT molecular complexity index is 1480. The van der Waals surface area contributed by atoms with Crippen molar-refractivity contribution in [3.8, 4) is 0 Å². The van der Waals surface area contributed by atoms with Crippen molar-refractivity contribution < 1.29 is 8.42 Å². The number of nitrogens with one attached hydrogen (secondary N) is 3. The molecule has 0 bridgehead atoms. The molecule has 4 rings (SSSR count). The summed E-state index contributed by atoms with van der Waals surface area (Å²) < 4.78 is 28.2. The van der Waals surface area contributed by atoms with Gasteiger partial charge in [0.15, 0.2) is 0 Å². The van der Waals surface area contributed by atoms with E-state index in [-0.39, 0.29) is 9.92 Å². The largest absolute Gasteiger partial charge is 0.340 e. The van der Waals surface area contributed by atoms with Crippen LogP contribution in [-0.2, 0) is 10.0 Å². The lowest BCUT2D eigenvalue weighted by Gasteiger charge is -2.13. The lowest BCUT2D eigenvalue weighted by atomic mass is 10.2. The van der Waals surface area contributed by atoms with Crippen LogP contribution >= 0.6 is 23.2 Å². The van der Waals surface area contributed by atoms with Gasteiger partial charge in [0.1, 0.15) is 10.7 Å². The smallest absolute Gasteiger partial charge is 0.263 e. The van der Waals surface area contributed by atoms with Crippen molar-refractivity contribution in [2.75, 3.05) is 15.4 Å². The molecule has 0 aliphatic heterocycles. The Morgan fingerprint density at radius 3 is 2.00 bits per heavy atom. The number of anilines is 5. The zero-order valence-electron chi connectivity index (χ0n) is 19.2. The molecule has 1 heterocycles. The second kappa shape index (κ2) is 10.1. The maximum Gasteiger partial charge on any atom is 0.263 e. The third kappa shape index (κ3) is 6.22. The van der Waals surface area contributed by atoms with E-state index in [9.17, 15) is 8.42 Å². The number of halogens is 2. The summed E-state index contributed by atoms with van der Waals surface area (Å²) in [6, 6.07) is 19.4. The first-order valence-corrected chi connectivity index (χ1v) is 12.9. The molecule has 0 aliphatic rings. The maximum absolute atomic E-state index is 12.8. The predicted molar refractivity (Wildman–Crippen MR) is 143 cm³/mol. The maximum atomic E-state index is 12.8.